The number of nitrogens with zero attached hydrogens (tertiary/aromatic N) is 2. The Morgan fingerprint density at radius 1 is 1.64 bits per heavy atom. The highest BCUT2D eigenvalue weighted by Gasteiger charge is 2.05. The van der Waals surface area contributed by atoms with Gasteiger partial charge in [0.05, 0.1) is 22.9 Å². The molecule has 0 amide bonds. The van der Waals surface area contributed by atoms with Gasteiger partial charge in [0.2, 0.25) is 0 Å². The highest BCUT2D eigenvalue weighted by atomic mass is 35.5. The first-order valence-corrected chi connectivity index (χ1v) is 5.44. The van der Waals surface area contributed by atoms with Crippen LogP contribution in [0.5, 0.6) is 0 Å². The molecule has 0 radical (unpaired) electrons. The average molecular weight is 228 g/mol. The lowest BCUT2D eigenvalue weighted by atomic mass is 10.4. The van der Waals surface area contributed by atoms with Gasteiger partial charge in [0.25, 0.3) is 0 Å². The summed E-state index contributed by atoms with van der Waals surface area (Å²) in [5, 5.41) is 7.03. The monoisotopic (exact) mass is 227 g/mol. The molecule has 0 saturated carbocycles. The largest absolute Gasteiger partial charge is 0.396 e. The van der Waals surface area contributed by atoms with E-state index in [0.717, 1.165) is 21.3 Å². The first-order chi connectivity index (χ1) is 6.66. The van der Waals surface area contributed by atoms with Crippen LogP contribution in [0.4, 0.5) is 5.69 Å². The lowest BCUT2D eigenvalue weighted by Gasteiger charge is -1.98. The van der Waals surface area contributed by atoms with Crippen LogP contribution in [0.1, 0.15) is 10.6 Å². The van der Waals surface area contributed by atoms with E-state index in [-0.39, 0.29) is 0 Å². The first kappa shape index (κ1) is 9.55. The number of thiophene rings is 1. The number of nitrogens with two attached hydrogens (primary N) is 1. The molecule has 5 heteroatoms. The molecule has 2 aromatic heterocycles. The van der Waals surface area contributed by atoms with E-state index in [4.69, 9.17) is 17.3 Å². The van der Waals surface area contributed by atoms with Crippen LogP contribution >= 0.6 is 22.9 Å². The molecular formula is C9H10ClN3S. The number of halogens is 1. The van der Waals surface area contributed by atoms with E-state index >= 15 is 0 Å². The van der Waals surface area contributed by atoms with Crippen LogP contribution < -0.4 is 5.73 Å². The van der Waals surface area contributed by atoms with E-state index in [0.29, 0.717) is 6.54 Å². The number of rotatable bonds is 2. The van der Waals surface area contributed by atoms with Crippen LogP contribution in [0.25, 0.3) is 0 Å². The fourth-order valence-corrected chi connectivity index (χ4v) is 2.29. The molecule has 3 nitrogen and oxygen atoms in total. The van der Waals surface area contributed by atoms with E-state index in [1.165, 1.54) is 0 Å². The Balaban J connectivity index is 2.23. The smallest absolute Gasteiger partial charge is 0.0823 e. The summed E-state index contributed by atoms with van der Waals surface area (Å²) in [4.78, 5) is 1.11. The van der Waals surface area contributed by atoms with Crippen molar-refractivity contribution in [3.63, 3.8) is 0 Å². The van der Waals surface area contributed by atoms with Crippen LogP contribution in [0.15, 0.2) is 17.6 Å². The van der Waals surface area contributed by atoms with Crippen molar-refractivity contribution in [2.75, 3.05) is 5.73 Å². The van der Waals surface area contributed by atoms with E-state index < -0.39 is 0 Å². The fourth-order valence-electron chi connectivity index (χ4n) is 1.20. The molecule has 0 aliphatic carbocycles. The van der Waals surface area contributed by atoms with Gasteiger partial charge in [-0.1, -0.05) is 11.6 Å². The van der Waals surface area contributed by atoms with Crippen molar-refractivity contribution in [1.29, 1.82) is 0 Å². The van der Waals surface area contributed by atoms with Crippen LogP contribution in [0.2, 0.25) is 5.02 Å². The molecule has 0 atom stereocenters. The molecule has 14 heavy (non-hydrogen) atoms. The Bertz CT molecular complexity index is 427. The Morgan fingerprint density at radius 3 is 2.93 bits per heavy atom. The molecule has 0 saturated heterocycles. The van der Waals surface area contributed by atoms with Crippen molar-refractivity contribution in [1.82, 2.24) is 9.78 Å². The average Bonchev–Trinajstić information content (AvgIpc) is 2.63. The molecule has 0 aromatic carbocycles. The zero-order valence-corrected chi connectivity index (χ0v) is 9.27. The van der Waals surface area contributed by atoms with Gasteiger partial charge >= 0.3 is 0 Å². The second kappa shape index (κ2) is 3.63. The Hall–Kier alpha value is -1.00. The number of aromatic nitrogens is 2. The van der Waals surface area contributed by atoms with Crippen molar-refractivity contribution in [2.24, 2.45) is 0 Å². The van der Waals surface area contributed by atoms with Gasteiger partial charge in [0.1, 0.15) is 0 Å². The molecule has 2 N–H and O–H groups in total. The topological polar surface area (TPSA) is 43.8 Å². The van der Waals surface area contributed by atoms with Crippen molar-refractivity contribution < 1.29 is 0 Å². The third-order valence-corrected chi connectivity index (χ3v) is 3.35. The minimum absolute atomic E-state index is 0.689. The van der Waals surface area contributed by atoms with Crippen molar-refractivity contribution in [3.8, 4) is 0 Å². The third kappa shape index (κ3) is 1.76. The van der Waals surface area contributed by atoms with Gasteiger partial charge in [-0.3, -0.25) is 4.68 Å². The molecule has 0 unspecified atom stereocenters. The summed E-state index contributed by atoms with van der Waals surface area (Å²) in [6.07, 6.45) is 1.82. The molecule has 0 aliphatic rings. The Morgan fingerprint density at radius 2 is 2.43 bits per heavy atom. The van der Waals surface area contributed by atoms with E-state index in [9.17, 15) is 0 Å². The van der Waals surface area contributed by atoms with Gasteiger partial charge in [-0.2, -0.15) is 5.10 Å². The standard InChI is InChI=1S/C9H10ClN3S/c1-6-8(11)4-13(12-6)5-9-7(10)2-3-14-9/h2-4H,5,11H2,1H3. The highest BCUT2D eigenvalue weighted by molar-refractivity contribution is 7.10. The van der Waals surface area contributed by atoms with Crippen molar-refractivity contribution >= 4 is 28.6 Å². The van der Waals surface area contributed by atoms with Crippen LogP contribution in [0, 0.1) is 6.92 Å². The maximum absolute atomic E-state index is 5.97. The minimum atomic E-state index is 0.689. The molecular weight excluding hydrogens is 218 g/mol. The van der Waals surface area contributed by atoms with Gasteiger partial charge in [-0.15, -0.1) is 11.3 Å². The molecule has 0 fully saturated rings. The SMILES string of the molecule is Cc1nn(Cc2sccc2Cl)cc1N. The molecule has 0 spiro atoms. The van der Waals surface area contributed by atoms with E-state index in [1.54, 1.807) is 11.3 Å². The number of hydrogen-bond donors (Lipinski definition) is 1. The zero-order chi connectivity index (χ0) is 10.1. The summed E-state index contributed by atoms with van der Waals surface area (Å²) < 4.78 is 1.81. The van der Waals surface area contributed by atoms with Gasteiger partial charge < -0.3 is 5.73 Å². The summed E-state index contributed by atoms with van der Waals surface area (Å²) in [6.45, 7) is 2.58. The summed E-state index contributed by atoms with van der Waals surface area (Å²) >= 11 is 7.60. The van der Waals surface area contributed by atoms with Crippen molar-refractivity contribution in [3.05, 3.63) is 33.2 Å². The molecule has 2 aromatic rings. The fraction of sp³-hybridized carbons (Fsp3) is 0.222. The highest BCUT2D eigenvalue weighted by Crippen LogP contribution is 2.23. The predicted octanol–water partition coefficient (Wildman–Crippen LogP) is 2.54. The quantitative estimate of drug-likeness (QED) is 0.857. The zero-order valence-electron chi connectivity index (χ0n) is 7.70. The second-order valence-electron chi connectivity index (χ2n) is 3.06. The van der Waals surface area contributed by atoms with Crippen LogP contribution in [-0.2, 0) is 6.54 Å². The minimum Gasteiger partial charge on any atom is -0.396 e. The number of anilines is 1. The Labute approximate surface area is 91.1 Å². The lowest BCUT2D eigenvalue weighted by Crippen LogP contribution is -1.98. The normalized spacial score (nSPS) is 10.7. The molecule has 74 valence electrons. The number of hydrogen-bond acceptors (Lipinski definition) is 3. The molecule has 2 heterocycles. The van der Waals surface area contributed by atoms with Gasteiger partial charge in [-0.05, 0) is 18.4 Å². The predicted molar refractivity (Wildman–Crippen MR) is 59.8 cm³/mol. The number of nitrogen functional groups attached to an aromatic ring is 1. The van der Waals surface area contributed by atoms with Crippen LogP contribution in [-0.4, -0.2) is 9.78 Å². The van der Waals surface area contributed by atoms with E-state index in [2.05, 4.69) is 5.10 Å². The van der Waals surface area contributed by atoms with Crippen LogP contribution in [0.3, 0.4) is 0 Å². The summed E-state index contributed by atoms with van der Waals surface area (Å²) in [7, 11) is 0. The maximum Gasteiger partial charge on any atom is 0.0823 e. The van der Waals surface area contributed by atoms with E-state index in [1.807, 2.05) is 29.2 Å². The summed E-state index contributed by atoms with van der Waals surface area (Å²) in [5.41, 5.74) is 7.27. The third-order valence-electron chi connectivity index (χ3n) is 1.98. The lowest BCUT2D eigenvalue weighted by molar-refractivity contribution is 0.687. The maximum atomic E-state index is 5.97. The van der Waals surface area contributed by atoms with Gasteiger partial charge in [-0.25, -0.2) is 0 Å². The van der Waals surface area contributed by atoms with Gasteiger partial charge in [0, 0.05) is 11.1 Å². The first-order valence-electron chi connectivity index (χ1n) is 4.18. The molecule has 2 rings (SSSR count). The summed E-state index contributed by atoms with van der Waals surface area (Å²) in [6, 6.07) is 1.89. The second-order valence-corrected chi connectivity index (χ2v) is 4.47. The molecule has 0 bridgehead atoms. The number of aryl methyl sites for hydroxylation is 1. The van der Waals surface area contributed by atoms with Crippen molar-refractivity contribution in [2.45, 2.75) is 13.5 Å². The van der Waals surface area contributed by atoms with Gasteiger partial charge in [0.15, 0.2) is 0 Å². The summed E-state index contributed by atoms with van der Waals surface area (Å²) in [5.74, 6) is 0. The molecule has 0 aliphatic heterocycles. The Kier molecular flexibility index (Phi) is 2.48.